The van der Waals surface area contributed by atoms with Gasteiger partial charge in [0.2, 0.25) is 5.91 Å². The summed E-state index contributed by atoms with van der Waals surface area (Å²) in [5.41, 5.74) is 5.71. The van der Waals surface area contributed by atoms with Gasteiger partial charge in [0.25, 0.3) is 5.91 Å². The molecule has 0 fully saturated rings. The van der Waals surface area contributed by atoms with E-state index >= 15 is 0 Å². The number of amides is 2. The molecule has 0 aliphatic heterocycles. The molecule has 0 saturated heterocycles. The summed E-state index contributed by atoms with van der Waals surface area (Å²) in [6.45, 7) is 3.82. The summed E-state index contributed by atoms with van der Waals surface area (Å²) < 4.78 is 12.8. The van der Waals surface area contributed by atoms with E-state index in [-0.39, 0.29) is 17.2 Å². The number of nitrogens with one attached hydrogen (secondary N) is 2. The lowest BCUT2D eigenvalue weighted by atomic mass is 10.1. The van der Waals surface area contributed by atoms with Crippen LogP contribution in [-0.4, -0.2) is 24.4 Å². The van der Waals surface area contributed by atoms with Gasteiger partial charge in [-0.25, -0.2) is 4.39 Å². The molecule has 1 rings (SSSR count). The summed E-state index contributed by atoms with van der Waals surface area (Å²) >= 11 is 0. The highest BCUT2D eigenvalue weighted by atomic mass is 19.1. The van der Waals surface area contributed by atoms with Crippen molar-refractivity contribution in [3.63, 3.8) is 0 Å². The quantitative estimate of drug-likeness (QED) is 0.689. The van der Waals surface area contributed by atoms with E-state index in [0.29, 0.717) is 6.54 Å². The Morgan fingerprint density at radius 1 is 1.44 bits per heavy atom. The largest absolute Gasteiger partial charge is 0.398 e. The molecular formula is C12H16FN3O2. The van der Waals surface area contributed by atoms with E-state index in [0.717, 1.165) is 12.1 Å². The van der Waals surface area contributed by atoms with Crippen LogP contribution in [0.15, 0.2) is 18.2 Å². The second-order valence-electron chi connectivity index (χ2n) is 3.82. The summed E-state index contributed by atoms with van der Waals surface area (Å²) in [7, 11) is 0. The third-order valence-corrected chi connectivity index (χ3v) is 2.35. The molecule has 98 valence electrons. The number of benzene rings is 1. The maximum absolute atomic E-state index is 12.8. The van der Waals surface area contributed by atoms with E-state index in [9.17, 15) is 14.0 Å². The minimum atomic E-state index is -0.679. The highest BCUT2D eigenvalue weighted by Crippen LogP contribution is 2.13. The predicted molar refractivity (Wildman–Crippen MR) is 66.4 cm³/mol. The second-order valence-corrected chi connectivity index (χ2v) is 3.82. The monoisotopic (exact) mass is 253 g/mol. The van der Waals surface area contributed by atoms with Gasteiger partial charge in [0.1, 0.15) is 11.9 Å². The fourth-order valence-corrected chi connectivity index (χ4v) is 1.41. The van der Waals surface area contributed by atoms with Crippen molar-refractivity contribution in [2.75, 3.05) is 12.3 Å². The normalized spacial score (nSPS) is 11.7. The van der Waals surface area contributed by atoms with E-state index in [4.69, 9.17) is 5.73 Å². The number of rotatable bonds is 4. The summed E-state index contributed by atoms with van der Waals surface area (Å²) in [6, 6.07) is 2.81. The van der Waals surface area contributed by atoms with Crippen LogP contribution in [0.5, 0.6) is 0 Å². The number of hydrogen-bond donors (Lipinski definition) is 3. The number of nitrogen functional groups attached to an aromatic ring is 1. The maximum atomic E-state index is 12.8. The molecule has 5 nitrogen and oxygen atoms in total. The molecule has 1 atom stereocenters. The molecule has 4 N–H and O–H groups in total. The van der Waals surface area contributed by atoms with Crippen molar-refractivity contribution in [2.45, 2.75) is 19.9 Å². The zero-order chi connectivity index (χ0) is 13.7. The van der Waals surface area contributed by atoms with Crippen molar-refractivity contribution in [3.8, 4) is 0 Å². The first-order valence-electron chi connectivity index (χ1n) is 5.59. The molecule has 1 aromatic carbocycles. The number of likely N-dealkylation sites (N-methyl/N-ethyl adjacent to an activating group) is 1. The van der Waals surface area contributed by atoms with Gasteiger partial charge in [-0.1, -0.05) is 0 Å². The van der Waals surface area contributed by atoms with Gasteiger partial charge >= 0.3 is 0 Å². The molecule has 2 amide bonds. The summed E-state index contributed by atoms with van der Waals surface area (Å²) in [4.78, 5) is 23.2. The Hall–Kier alpha value is -2.11. The second kappa shape index (κ2) is 6.00. The molecule has 6 heteroatoms. The molecule has 0 spiro atoms. The molecule has 0 aromatic heterocycles. The molecule has 18 heavy (non-hydrogen) atoms. The van der Waals surface area contributed by atoms with E-state index in [1.165, 1.54) is 6.07 Å². The average Bonchev–Trinajstić information content (AvgIpc) is 2.28. The zero-order valence-corrected chi connectivity index (χ0v) is 10.3. The lowest BCUT2D eigenvalue weighted by Gasteiger charge is -2.14. The SMILES string of the molecule is CCNC(=O)C(C)NC(=O)c1ccc(F)cc1N. The molecule has 1 unspecified atom stereocenters. The Morgan fingerprint density at radius 3 is 2.67 bits per heavy atom. The smallest absolute Gasteiger partial charge is 0.254 e. The van der Waals surface area contributed by atoms with E-state index in [1.807, 2.05) is 0 Å². The molecule has 0 radical (unpaired) electrons. The van der Waals surface area contributed by atoms with Gasteiger partial charge in [-0.3, -0.25) is 9.59 Å². The lowest BCUT2D eigenvalue weighted by molar-refractivity contribution is -0.122. The Morgan fingerprint density at radius 2 is 2.11 bits per heavy atom. The summed E-state index contributed by atoms with van der Waals surface area (Å²) in [6.07, 6.45) is 0. The first kappa shape index (κ1) is 14.0. The highest BCUT2D eigenvalue weighted by molar-refractivity contribution is 6.01. The van der Waals surface area contributed by atoms with Gasteiger partial charge in [0.15, 0.2) is 0 Å². The van der Waals surface area contributed by atoms with Crippen LogP contribution in [-0.2, 0) is 4.79 Å². The molecule has 0 bridgehead atoms. The van der Waals surface area contributed by atoms with Crippen molar-refractivity contribution < 1.29 is 14.0 Å². The number of carbonyl (C=O) groups is 2. The van der Waals surface area contributed by atoms with E-state index in [1.54, 1.807) is 13.8 Å². The molecule has 0 heterocycles. The first-order valence-corrected chi connectivity index (χ1v) is 5.59. The Balaban J connectivity index is 2.73. The van der Waals surface area contributed by atoms with Crippen LogP contribution in [0.1, 0.15) is 24.2 Å². The number of halogens is 1. The van der Waals surface area contributed by atoms with Crippen LogP contribution in [0.25, 0.3) is 0 Å². The van der Waals surface area contributed by atoms with Crippen molar-refractivity contribution in [1.29, 1.82) is 0 Å². The standard InChI is InChI=1S/C12H16FN3O2/c1-3-15-11(17)7(2)16-12(18)9-5-4-8(13)6-10(9)14/h4-7H,3,14H2,1-2H3,(H,15,17)(H,16,18). The number of carbonyl (C=O) groups excluding carboxylic acids is 2. The van der Waals surface area contributed by atoms with Crippen LogP contribution < -0.4 is 16.4 Å². The Kier molecular flexibility index (Phi) is 4.65. The van der Waals surface area contributed by atoms with Crippen LogP contribution >= 0.6 is 0 Å². The summed E-state index contributed by atoms with van der Waals surface area (Å²) in [5.74, 6) is -1.31. The molecule has 0 saturated carbocycles. The van der Waals surface area contributed by atoms with Crippen LogP contribution in [0.2, 0.25) is 0 Å². The van der Waals surface area contributed by atoms with Gasteiger partial charge in [0, 0.05) is 12.2 Å². The minimum Gasteiger partial charge on any atom is -0.398 e. The van der Waals surface area contributed by atoms with Crippen molar-refractivity contribution in [2.24, 2.45) is 0 Å². The fourth-order valence-electron chi connectivity index (χ4n) is 1.41. The van der Waals surface area contributed by atoms with Gasteiger partial charge < -0.3 is 16.4 Å². The topological polar surface area (TPSA) is 84.2 Å². The Bertz CT molecular complexity index is 463. The lowest BCUT2D eigenvalue weighted by Crippen LogP contribution is -2.44. The van der Waals surface area contributed by atoms with Crippen LogP contribution in [0.3, 0.4) is 0 Å². The van der Waals surface area contributed by atoms with Crippen molar-refractivity contribution in [1.82, 2.24) is 10.6 Å². The number of hydrogen-bond acceptors (Lipinski definition) is 3. The predicted octanol–water partition coefficient (Wildman–Crippen LogP) is 0.662. The van der Waals surface area contributed by atoms with Gasteiger partial charge in [-0.05, 0) is 32.0 Å². The minimum absolute atomic E-state index is 0.0376. The third kappa shape index (κ3) is 3.44. The summed E-state index contributed by atoms with van der Waals surface area (Å²) in [5, 5.41) is 5.07. The van der Waals surface area contributed by atoms with Gasteiger partial charge in [-0.2, -0.15) is 0 Å². The van der Waals surface area contributed by atoms with Crippen LogP contribution in [0.4, 0.5) is 10.1 Å². The van der Waals surface area contributed by atoms with Crippen molar-refractivity contribution in [3.05, 3.63) is 29.6 Å². The fraction of sp³-hybridized carbons (Fsp3) is 0.333. The maximum Gasteiger partial charge on any atom is 0.254 e. The Labute approximate surface area is 105 Å². The number of anilines is 1. The third-order valence-electron chi connectivity index (χ3n) is 2.35. The molecule has 1 aromatic rings. The first-order chi connectivity index (χ1) is 8.45. The van der Waals surface area contributed by atoms with Crippen LogP contribution in [0, 0.1) is 5.82 Å². The average molecular weight is 253 g/mol. The molecular weight excluding hydrogens is 237 g/mol. The van der Waals surface area contributed by atoms with E-state index < -0.39 is 17.8 Å². The van der Waals surface area contributed by atoms with Crippen molar-refractivity contribution >= 4 is 17.5 Å². The molecule has 0 aliphatic rings. The zero-order valence-electron chi connectivity index (χ0n) is 10.3. The van der Waals surface area contributed by atoms with E-state index in [2.05, 4.69) is 10.6 Å². The van der Waals surface area contributed by atoms with Gasteiger partial charge in [-0.15, -0.1) is 0 Å². The molecule has 0 aliphatic carbocycles. The van der Waals surface area contributed by atoms with Gasteiger partial charge in [0.05, 0.1) is 5.56 Å². The number of nitrogens with two attached hydrogens (primary N) is 1. The highest BCUT2D eigenvalue weighted by Gasteiger charge is 2.17.